The van der Waals surface area contributed by atoms with Gasteiger partial charge < -0.3 is 5.21 Å². The van der Waals surface area contributed by atoms with Gasteiger partial charge in [-0.3, -0.25) is 24.9 Å². The molecule has 0 fully saturated rings. The predicted molar refractivity (Wildman–Crippen MR) is 46.3 cm³/mol. The van der Waals surface area contributed by atoms with E-state index in [1.807, 2.05) is 0 Å². The first-order valence-corrected chi connectivity index (χ1v) is 3.83. The van der Waals surface area contributed by atoms with Crippen LogP contribution >= 0.6 is 0 Å². The Hall–Kier alpha value is -1.14. The Morgan fingerprint density at radius 1 is 1.24 bits per heavy atom. The van der Waals surface area contributed by atoms with Crippen LogP contribution in [0.5, 0.6) is 0 Å². The fraction of sp³-hybridized carbons (Fsp3) is 0. The van der Waals surface area contributed by atoms with Crippen LogP contribution in [0.2, 0.25) is 0 Å². The zero-order valence-electron chi connectivity index (χ0n) is 8.39. The predicted octanol–water partition coefficient (Wildman–Crippen LogP) is -2.72. The Kier molecular flexibility index (Phi) is 4.10. The summed E-state index contributed by atoms with van der Waals surface area (Å²) in [6.45, 7) is 0. The van der Waals surface area contributed by atoms with Crippen LogP contribution in [0.25, 0.3) is 11.0 Å². The number of hydrogen-bond donors (Lipinski definition) is 0. The Balaban J connectivity index is 0.00000144. The fourth-order valence-electron chi connectivity index (χ4n) is 1.24. The summed E-state index contributed by atoms with van der Waals surface area (Å²) in [7, 11) is 0. The molecule has 0 amide bonds. The molecule has 11 heteroatoms. The standard InChI is InChI=1S/C6H2N4O6.K/c11-8(12)4-2-1-3-5(6(4)9(13)14)7-16-10(3)15;/h1-2H;/q;+1. The number of rotatable bonds is 2. The Bertz CT molecular complexity index is 610. The van der Waals surface area contributed by atoms with Crippen molar-refractivity contribution in [3.63, 3.8) is 0 Å². The van der Waals surface area contributed by atoms with E-state index >= 15 is 0 Å². The number of nitro groups is 2. The zero-order valence-corrected chi connectivity index (χ0v) is 11.5. The quantitative estimate of drug-likeness (QED) is 0.249. The van der Waals surface area contributed by atoms with Gasteiger partial charge in [-0.15, -0.1) is 0 Å². The van der Waals surface area contributed by atoms with E-state index in [1.54, 1.807) is 0 Å². The van der Waals surface area contributed by atoms with Crippen molar-refractivity contribution >= 4 is 22.4 Å². The Morgan fingerprint density at radius 2 is 1.88 bits per heavy atom. The summed E-state index contributed by atoms with van der Waals surface area (Å²) >= 11 is 0. The van der Waals surface area contributed by atoms with E-state index in [0.717, 1.165) is 12.1 Å². The van der Waals surface area contributed by atoms with Gasteiger partial charge >= 0.3 is 68.3 Å². The zero-order chi connectivity index (χ0) is 11.9. The van der Waals surface area contributed by atoms with Crippen molar-refractivity contribution in [3.05, 3.63) is 37.6 Å². The summed E-state index contributed by atoms with van der Waals surface area (Å²) in [6, 6.07) is 1.88. The summed E-state index contributed by atoms with van der Waals surface area (Å²) in [5.74, 6) is 0. The first-order chi connectivity index (χ1) is 7.52. The van der Waals surface area contributed by atoms with Crippen LogP contribution in [-0.4, -0.2) is 15.0 Å². The van der Waals surface area contributed by atoms with Gasteiger partial charge in [-0.1, -0.05) is 0 Å². The second-order valence-corrected chi connectivity index (χ2v) is 2.75. The number of aromatic nitrogens is 2. The summed E-state index contributed by atoms with van der Waals surface area (Å²) in [5.41, 5.74) is -2.29. The maximum absolute atomic E-state index is 10.9. The minimum atomic E-state index is -0.983. The monoisotopic (exact) mass is 265 g/mol. The van der Waals surface area contributed by atoms with Gasteiger partial charge in [0.15, 0.2) is 0 Å². The maximum atomic E-state index is 10.9. The summed E-state index contributed by atoms with van der Waals surface area (Å²) in [5, 5.41) is 35.2. The second kappa shape index (κ2) is 5.01. The van der Waals surface area contributed by atoms with Crippen LogP contribution < -0.4 is 56.3 Å². The Morgan fingerprint density at radius 3 is 2.41 bits per heavy atom. The van der Waals surface area contributed by atoms with E-state index in [-0.39, 0.29) is 61.8 Å². The van der Waals surface area contributed by atoms with Crippen molar-refractivity contribution < 1.29 is 70.8 Å². The van der Waals surface area contributed by atoms with Crippen LogP contribution in [-0.2, 0) is 0 Å². The first kappa shape index (κ1) is 13.9. The van der Waals surface area contributed by atoms with Crippen molar-refractivity contribution in [1.82, 2.24) is 5.16 Å². The molecule has 2 aromatic rings. The molecule has 0 atom stereocenters. The molecule has 0 spiro atoms. The molecule has 0 unspecified atom stereocenters. The van der Waals surface area contributed by atoms with E-state index in [2.05, 4.69) is 9.79 Å². The average Bonchev–Trinajstić information content (AvgIpc) is 2.58. The Labute approximate surface area is 134 Å². The van der Waals surface area contributed by atoms with Crippen LogP contribution in [0.4, 0.5) is 11.4 Å². The second-order valence-electron chi connectivity index (χ2n) is 2.75. The topological polar surface area (TPSA) is 139 Å². The molecule has 0 saturated heterocycles. The average molecular weight is 265 g/mol. The molecule has 82 valence electrons. The first-order valence-electron chi connectivity index (χ1n) is 3.83. The maximum Gasteiger partial charge on any atom is 1.00 e. The van der Waals surface area contributed by atoms with Gasteiger partial charge in [-0.2, -0.15) is 0 Å². The molecule has 0 radical (unpaired) electrons. The number of hydrogen-bond acceptors (Lipinski definition) is 7. The third-order valence-electron chi connectivity index (χ3n) is 1.89. The normalized spacial score (nSPS) is 9.88. The molecule has 1 aromatic carbocycles. The molecule has 2 rings (SSSR count). The van der Waals surface area contributed by atoms with Gasteiger partial charge in [0.1, 0.15) is 0 Å². The fourth-order valence-corrected chi connectivity index (χ4v) is 1.24. The van der Waals surface area contributed by atoms with E-state index in [9.17, 15) is 25.4 Å². The van der Waals surface area contributed by atoms with Gasteiger partial charge in [0.25, 0.3) is 0 Å². The van der Waals surface area contributed by atoms with Gasteiger partial charge in [-0.25, -0.2) is 0 Å². The molecular weight excluding hydrogens is 263 g/mol. The molecule has 0 aliphatic carbocycles. The molecule has 10 nitrogen and oxygen atoms in total. The number of nitrogens with zero attached hydrogens (tertiary/aromatic N) is 4. The molecule has 1 heterocycles. The third kappa shape index (κ3) is 2.27. The summed E-state index contributed by atoms with van der Waals surface area (Å²) < 4.78 is 4.12. The molecule has 0 aliphatic heterocycles. The summed E-state index contributed by atoms with van der Waals surface area (Å²) in [4.78, 5) is 19.2. The van der Waals surface area contributed by atoms with Crippen LogP contribution in [0.3, 0.4) is 0 Å². The SMILES string of the molecule is O=[N+]([O-])c1ccc2c(no[n+]2[O-])c1[N+](=O)[O-].[K+]. The summed E-state index contributed by atoms with van der Waals surface area (Å²) in [6.07, 6.45) is 0. The van der Waals surface area contributed by atoms with Gasteiger partial charge in [0, 0.05) is 12.1 Å². The molecule has 0 bridgehead atoms. The number of benzene rings is 1. The smallest absolute Gasteiger partial charge is 0.359 e. The molecule has 0 N–H and O–H groups in total. The van der Waals surface area contributed by atoms with E-state index in [0.29, 0.717) is 0 Å². The largest absolute Gasteiger partial charge is 1.00 e. The van der Waals surface area contributed by atoms with Gasteiger partial charge in [-0.05, 0) is 4.90 Å². The van der Waals surface area contributed by atoms with Crippen LogP contribution in [0.1, 0.15) is 0 Å². The van der Waals surface area contributed by atoms with Crippen molar-refractivity contribution in [2.75, 3.05) is 0 Å². The van der Waals surface area contributed by atoms with Crippen molar-refractivity contribution in [2.24, 2.45) is 0 Å². The number of nitro benzene ring substituents is 2. The van der Waals surface area contributed by atoms with Crippen molar-refractivity contribution in [2.45, 2.75) is 0 Å². The minimum Gasteiger partial charge on any atom is -0.359 e. The molecule has 17 heavy (non-hydrogen) atoms. The molecular formula is C6H2KN4O6+. The van der Waals surface area contributed by atoms with Gasteiger partial charge in [0.2, 0.25) is 5.52 Å². The third-order valence-corrected chi connectivity index (χ3v) is 1.89. The van der Waals surface area contributed by atoms with E-state index in [1.165, 1.54) is 0 Å². The molecule has 1 aromatic heterocycles. The van der Waals surface area contributed by atoms with Crippen molar-refractivity contribution in [1.29, 1.82) is 0 Å². The van der Waals surface area contributed by atoms with Crippen LogP contribution in [0, 0.1) is 25.4 Å². The molecule has 0 saturated carbocycles. The van der Waals surface area contributed by atoms with E-state index in [4.69, 9.17) is 0 Å². The van der Waals surface area contributed by atoms with Gasteiger partial charge in [0.05, 0.1) is 15.0 Å². The molecule has 0 aliphatic rings. The number of fused-ring (bicyclic) bond motifs is 1. The van der Waals surface area contributed by atoms with Crippen molar-refractivity contribution in [3.8, 4) is 0 Å². The van der Waals surface area contributed by atoms with Crippen LogP contribution in [0.15, 0.2) is 16.8 Å². The minimum absolute atomic E-state index is 0. The van der Waals surface area contributed by atoms with E-state index < -0.39 is 26.7 Å².